The molecule has 1 amide bonds. The summed E-state index contributed by atoms with van der Waals surface area (Å²) < 4.78 is 13.6. The Hall–Kier alpha value is -1.58. The van der Waals surface area contributed by atoms with Crippen LogP contribution in [0.25, 0.3) is 0 Å². The van der Waals surface area contributed by atoms with Crippen LogP contribution in [0, 0.1) is 18.7 Å². The second-order valence-corrected chi connectivity index (χ2v) is 5.32. The number of carbonyl (C=O) groups excluding carboxylic acids is 1. The fraction of sp³-hybridized carbons (Fsp3) is 0.500. The highest BCUT2D eigenvalue weighted by Gasteiger charge is 2.30. The van der Waals surface area contributed by atoms with E-state index in [4.69, 9.17) is 5.73 Å². The van der Waals surface area contributed by atoms with E-state index in [1.165, 1.54) is 6.07 Å². The number of hydrogen-bond acceptors (Lipinski definition) is 2. The van der Waals surface area contributed by atoms with Crippen molar-refractivity contribution in [2.24, 2.45) is 5.92 Å². The van der Waals surface area contributed by atoms with Gasteiger partial charge in [0.05, 0.1) is 0 Å². The number of carbonyl (C=O) groups is 1. The predicted octanol–water partition coefficient (Wildman–Crippen LogP) is 2.59. The zero-order valence-corrected chi connectivity index (χ0v) is 11.0. The molecule has 1 aliphatic rings. The maximum Gasteiger partial charge on any atom is 0.254 e. The van der Waals surface area contributed by atoms with Crippen molar-refractivity contribution in [2.45, 2.75) is 33.2 Å². The van der Waals surface area contributed by atoms with Crippen LogP contribution in [0.15, 0.2) is 12.1 Å². The van der Waals surface area contributed by atoms with Gasteiger partial charge in [0.15, 0.2) is 0 Å². The topological polar surface area (TPSA) is 46.3 Å². The van der Waals surface area contributed by atoms with Gasteiger partial charge in [-0.05, 0) is 38.3 Å². The quantitative estimate of drug-likeness (QED) is 0.779. The third kappa shape index (κ3) is 2.19. The number of likely N-dealkylation sites (tertiary alicyclic amines) is 1. The van der Waals surface area contributed by atoms with Crippen molar-refractivity contribution in [3.8, 4) is 0 Å². The molecule has 1 aromatic rings. The van der Waals surface area contributed by atoms with Crippen LogP contribution >= 0.6 is 0 Å². The molecule has 4 heteroatoms. The van der Waals surface area contributed by atoms with Crippen LogP contribution in [-0.2, 0) is 0 Å². The number of amides is 1. The van der Waals surface area contributed by atoms with Crippen molar-refractivity contribution in [2.75, 3.05) is 12.3 Å². The molecule has 98 valence electrons. The summed E-state index contributed by atoms with van der Waals surface area (Å²) in [6.07, 6.45) is 0.996. The monoisotopic (exact) mass is 250 g/mol. The number of nitrogens with two attached hydrogens (primary N) is 1. The Morgan fingerprint density at radius 1 is 1.44 bits per heavy atom. The standard InChI is InChI=1S/C14H19FN2O/c1-8-4-9(2)17(7-8)14(18)11-5-12(15)10(3)13(16)6-11/h5-6,8-9H,4,7,16H2,1-3H3. The van der Waals surface area contributed by atoms with Gasteiger partial charge in [-0.1, -0.05) is 6.92 Å². The van der Waals surface area contributed by atoms with Gasteiger partial charge in [0.25, 0.3) is 5.91 Å². The summed E-state index contributed by atoms with van der Waals surface area (Å²) in [7, 11) is 0. The molecule has 1 aromatic carbocycles. The number of anilines is 1. The maximum absolute atomic E-state index is 13.6. The minimum absolute atomic E-state index is 0.127. The molecule has 18 heavy (non-hydrogen) atoms. The van der Waals surface area contributed by atoms with Crippen LogP contribution in [0.5, 0.6) is 0 Å². The van der Waals surface area contributed by atoms with E-state index in [2.05, 4.69) is 6.92 Å². The van der Waals surface area contributed by atoms with E-state index in [9.17, 15) is 9.18 Å². The molecule has 0 aliphatic carbocycles. The van der Waals surface area contributed by atoms with Crippen molar-refractivity contribution in [1.29, 1.82) is 0 Å². The summed E-state index contributed by atoms with van der Waals surface area (Å²) in [5.74, 6) is -0.0488. The Bertz CT molecular complexity index is 464. The average molecular weight is 250 g/mol. The second kappa shape index (κ2) is 4.59. The molecule has 0 saturated carbocycles. The average Bonchev–Trinajstić information content (AvgIpc) is 2.63. The van der Waals surface area contributed by atoms with Crippen LogP contribution in [0.3, 0.4) is 0 Å². The molecule has 0 aromatic heterocycles. The Balaban J connectivity index is 2.29. The lowest BCUT2D eigenvalue weighted by Crippen LogP contribution is -2.34. The number of halogens is 1. The number of rotatable bonds is 1. The zero-order valence-electron chi connectivity index (χ0n) is 11.0. The maximum atomic E-state index is 13.6. The molecule has 0 bridgehead atoms. The van der Waals surface area contributed by atoms with Gasteiger partial charge in [0.1, 0.15) is 5.82 Å². The molecule has 1 aliphatic heterocycles. The Kier molecular flexibility index (Phi) is 3.28. The van der Waals surface area contributed by atoms with Gasteiger partial charge >= 0.3 is 0 Å². The third-order valence-corrected chi connectivity index (χ3v) is 3.68. The van der Waals surface area contributed by atoms with Crippen LogP contribution in [-0.4, -0.2) is 23.4 Å². The van der Waals surface area contributed by atoms with Crippen molar-refractivity contribution in [1.82, 2.24) is 4.90 Å². The summed E-state index contributed by atoms with van der Waals surface area (Å²) in [5, 5.41) is 0. The van der Waals surface area contributed by atoms with E-state index in [0.29, 0.717) is 22.7 Å². The van der Waals surface area contributed by atoms with Gasteiger partial charge in [0.2, 0.25) is 0 Å². The molecule has 0 spiro atoms. The highest BCUT2D eigenvalue weighted by atomic mass is 19.1. The lowest BCUT2D eigenvalue weighted by molar-refractivity contribution is 0.0743. The number of benzene rings is 1. The van der Waals surface area contributed by atoms with Gasteiger partial charge in [-0.25, -0.2) is 4.39 Å². The van der Waals surface area contributed by atoms with Crippen molar-refractivity contribution in [3.05, 3.63) is 29.1 Å². The fourth-order valence-corrected chi connectivity index (χ4v) is 2.57. The van der Waals surface area contributed by atoms with E-state index in [0.717, 1.165) is 13.0 Å². The molecule has 1 saturated heterocycles. The summed E-state index contributed by atoms with van der Waals surface area (Å²) in [6.45, 7) is 6.48. The molecule has 1 heterocycles. The molecular formula is C14H19FN2O. The fourth-order valence-electron chi connectivity index (χ4n) is 2.57. The number of hydrogen-bond donors (Lipinski definition) is 1. The largest absolute Gasteiger partial charge is 0.398 e. The molecule has 1 fully saturated rings. The summed E-state index contributed by atoms with van der Waals surface area (Å²) in [4.78, 5) is 14.1. The predicted molar refractivity (Wildman–Crippen MR) is 69.8 cm³/mol. The molecule has 2 unspecified atom stereocenters. The zero-order chi connectivity index (χ0) is 13.4. The first-order valence-corrected chi connectivity index (χ1v) is 6.26. The molecule has 2 atom stereocenters. The minimum atomic E-state index is -0.418. The van der Waals surface area contributed by atoms with Gasteiger partial charge in [-0.3, -0.25) is 4.79 Å². The summed E-state index contributed by atoms with van der Waals surface area (Å²) in [6, 6.07) is 3.05. The first-order chi connectivity index (χ1) is 8.40. The van der Waals surface area contributed by atoms with Crippen LogP contribution in [0.4, 0.5) is 10.1 Å². The van der Waals surface area contributed by atoms with E-state index < -0.39 is 5.82 Å². The van der Waals surface area contributed by atoms with E-state index >= 15 is 0 Å². The van der Waals surface area contributed by atoms with E-state index in [1.54, 1.807) is 17.9 Å². The highest BCUT2D eigenvalue weighted by Crippen LogP contribution is 2.26. The molecule has 2 rings (SSSR count). The summed E-state index contributed by atoms with van der Waals surface area (Å²) in [5.41, 5.74) is 6.78. The smallest absolute Gasteiger partial charge is 0.254 e. The second-order valence-electron chi connectivity index (χ2n) is 5.32. The third-order valence-electron chi connectivity index (χ3n) is 3.68. The molecule has 0 radical (unpaired) electrons. The van der Waals surface area contributed by atoms with Gasteiger partial charge in [-0.2, -0.15) is 0 Å². The van der Waals surface area contributed by atoms with Crippen molar-refractivity contribution < 1.29 is 9.18 Å². The number of nitrogen functional groups attached to an aromatic ring is 1. The van der Waals surface area contributed by atoms with Crippen molar-refractivity contribution in [3.63, 3.8) is 0 Å². The van der Waals surface area contributed by atoms with Crippen LogP contribution < -0.4 is 5.73 Å². The van der Waals surface area contributed by atoms with Crippen LogP contribution in [0.2, 0.25) is 0 Å². The minimum Gasteiger partial charge on any atom is -0.398 e. The van der Waals surface area contributed by atoms with E-state index in [1.807, 2.05) is 6.92 Å². The first kappa shape index (κ1) is 12.9. The highest BCUT2D eigenvalue weighted by molar-refractivity contribution is 5.95. The number of nitrogens with zero attached hydrogens (tertiary/aromatic N) is 1. The Labute approximate surface area is 107 Å². The van der Waals surface area contributed by atoms with Gasteiger partial charge in [-0.15, -0.1) is 0 Å². The lowest BCUT2D eigenvalue weighted by atomic mass is 10.1. The molecule has 2 N–H and O–H groups in total. The molecular weight excluding hydrogens is 231 g/mol. The van der Waals surface area contributed by atoms with Gasteiger partial charge in [0, 0.05) is 29.4 Å². The van der Waals surface area contributed by atoms with E-state index in [-0.39, 0.29) is 11.9 Å². The lowest BCUT2D eigenvalue weighted by Gasteiger charge is -2.22. The molecule has 3 nitrogen and oxygen atoms in total. The SMILES string of the molecule is Cc1c(N)cc(C(=O)N2CC(C)CC2C)cc1F. The Morgan fingerprint density at radius 3 is 2.61 bits per heavy atom. The Morgan fingerprint density at radius 2 is 2.11 bits per heavy atom. The summed E-state index contributed by atoms with van der Waals surface area (Å²) >= 11 is 0. The first-order valence-electron chi connectivity index (χ1n) is 6.26. The van der Waals surface area contributed by atoms with Gasteiger partial charge < -0.3 is 10.6 Å². The van der Waals surface area contributed by atoms with Crippen molar-refractivity contribution >= 4 is 11.6 Å². The normalized spacial score (nSPS) is 23.4. The van der Waals surface area contributed by atoms with Crippen LogP contribution in [0.1, 0.15) is 36.2 Å².